The Kier molecular flexibility index (Phi) is 4.39. The van der Waals surface area contributed by atoms with Crippen LogP contribution >= 0.6 is 0 Å². The van der Waals surface area contributed by atoms with Gasteiger partial charge >= 0.3 is 11.9 Å². The number of ether oxygens (including phenoxy) is 1. The third-order valence-electron chi connectivity index (χ3n) is 3.85. The van der Waals surface area contributed by atoms with Gasteiger partial charge in [0.2, 0.25) is 0 Å². The van der Waals surface area contributed by atoms with E-state index >= 15 is 0 Å². The third kappa shape index (κ3) is 3.12. The Bertz CT molecular complexity index is 342. The first kappa shape index (κ1) is 13.1. The van der Waals surface area contributed by atoms with Crippen molar-refractivity contribution < 1.29 is 19.4 Å². The van der Waals surface area contributed by atoms with Crippen molar-refractivity contribution in [3.8, 4) is 0 Å². The Labute approximate surface area is 107 Å². The second-order valence-electron chi connectivity index (χ2n) is 5.17. The molecule has 4 heteroatoms. The largest absolute Gasteiger partial charge is 0.481 e. The molecule has 2 unspecified atom stereocenters. The number of carbonyl (C=O) groups excluding carboxylic acids is 1. The normalized spacial score (nSPS) is 28.9. The van der Waals surface area contributed by atoms with Gasteiger partial charge in [-0.1, -0.05) is 18.6 Å². The van der Waals surface area contributed by atoms with E-state index < -0.39 is 17.8 Å². The average molecular weight is 252 g/mol. The zero-order chi connectivity index (χ0) is 13.0. The van der Waals surface area contributed by atoms with E-state index in [1.807, 2.05) is 6.08 Å². The van der Waals surface area contributed by atoms with E-state index in [1.54, 1.807) is 6.08 Å². The van der Waals surface area contributed by atoms with Crippen LogP contribution in [-0.2, 0) is 14.3 Å². The van der Waals surface area contributed by atoms with E-state index in [2.05, 4.69) is 0 Å². The number of aliphatic carboxylic acids is 1. The predicted molar refractivity (Wildman–Crippen MR) is 66.0 cm³/mol. The van der Waals surface area contributed by atoms with Gasteiger partial charge in [0.1, 0.15) is 6.10 Å². The summed E-state index contributed by atoms with van der Waals surface area (Å²) in [5.74, 6) is -2.47. The van der Waals surface area contributed by atoms with Crippen molar-refractivity contribution in [3.63, 3.8) is 0 Å². The first-order chi connectivity index (χ1) is 8.68. The summed E-state index contributed by atoms with van der Waals surface area (Å²) in [6, 6.07) is 0. The molecule has 0 radical (unpaired) electrons. The highest BCUT2D eigenvalue weighted by molar-refractivity contribution is 5.83. The van der Waals surface area contributed by atoms with Crippen LogP contribution < -0.4 is 0 Å². The molecule has 1 saturated carbocycles. The summed E-state index contributed by atoms with van der Waals surface area (Å²) in [5, 5.41) is 9.12. The molecule has 0 aromatic rings. The summed E-state index contributed by atoms with van der Waals surface area (Å²) in [6.45, 7) is 0. The SMILES string of the molecule is O=C(OC1CCCCC1)C1C=CCCC1C(=O)O. The van der Waals surface area contributed by atoms with Crippen LogP contribution in [0.1, 0.15) is 44.9 Å². The van der Waals surface area contributed by atoms with Crippen molar-refractivity contribution in [2.24, 2.45) is 11.8 Å². The van der Waals surface area contributed by atoms with Crippen LogP contribution in [0, 0.1) is 11.8 Å². The maximum absolute atomic E-state index is 12.0. The summed E-state index contributed by atoms with van der Waals surface area (Å²) < 4.78 is 5.46. The quantitative estimate of drug-likeness (QED) is 0.619. The predicted octanol–water partition coefficient (Wildman–Crippen LogP) is 2.53. The van der Waals surface area contributed by atoms with Crippen LogP contribution in [0.3, 0.4) is 0 Å². The molecule has 1 fully saturated rings. The van der Waals surface area contributed by atoms with Gasteiger partial charge in [0, 0.05) is 0 Å². The highest BCUT2D eigenvalue weighted by atomic mass is 16.5. The van der Waals surface area contributed by atoms with Crippen molar-refractivity contribution in [1.29, 1.82) is 0 Å². The number of allylic oxidation sites excluding steroid dienone is 1. The maximum atomic E-state index is 12.0. The van der Waals surface area contributed by atoms with Crippen molar-refractivity contribution in [3.05, 3.63) is 12.2 Å². The fourth-order valence-electron chi connectivity index (χ4n) is 2.78. The Hall–Kier alpha value is -1.32. The molecule has 0 bridgehead atoms. The molecule has 100 valence electrons. The molecule has 4 nitrogen and oxygen atoms in total. The molecule has 2 atom stereocenters. The maximum Gasteiger partial charge on any atom is 0.313 e. The summed E-state index contributed by atoms with van der Waals surface area (Å²) in [5.41, 5.74) is 0. The molecule has 1 N–H and O–H groups in total. The van der Waals surface area contributed by atoms with E-state index in [4.69, 9.17) is 9.84 Å². The zero-order valence-corrected chi connectivity index (χ0v) is 10.5. The topological polar surface area (TPSA) is 63.6 Å². The lowest BCUT2D eigenvalue weighted by Gasteiger charge is -2.27. The Balaban J connectivity index is 1.95. The van der Waals surface area contributed by atoms with Gasteiger partial charge in [-0.05, 0) is 38.5 Å². The number of carboxylic acid groups (broad SMARTS) is 1. The van der Waals surface area contributed by atoms with Gasteiger partial charge in [-0.3, -0.25) is 9.59 Å². The summed E-state index contributed by atoms with van der Waals surface area (Å²) in [6.07, 6.45) is 10.1. The number of hydrogen-bond donors (Lipinski definition) is 1. The third-order valence-corrected chi connectivity index (χ3v) is 3.85. The van der Waals surface area contributed by atoms with E-state index in [0.29, 0.717) is 6.42 Å². The van der Waals surface area contributed by atoms with Crippen molar-refractivity contribution in [2.45, 2.75) is 51.0 Å². The van der Waals surface area contributed by atoms with E-state index in [9.17, 15) is 9.59 Å². The molecular weight excluding hydrogens is 232 g/mol. The van der Waals surface area contributed by atoms with Gasteiger partial charge in [0.05, 0.1) is 11.8 Å². The lowest BCUT2D eigenvalue weighted by molar-refractivity contribution is -0.161. The first-order valence-electron chi connectivity index (χ1n) is 6.78. The van der Waals surface area contributed by atoms with Crippen LogP contribution in [0.25, 0.3) is 0 Å². The second-order valence-corrected chi connectivity index (χ2v) is 5.17. The van der Waals surface area contributed by atoms with Crippen LogP contribution in [0.5, 0.6) is 0 Å². The van der Waals surface area contributed by atoms with E-state index in [0.717, 1.165) is 32.1 Å². The van der Waals surface area contributed by atoms with Crippen LogP contribution in [0.15, 0.2) is 12.2 Å². The summed E-state index contributed by atoms with van der Waals surface area (Å²) in [4.78, 5) is 23.2. The van der Waals surface area contributed by atoms with Crippen LogP contribution in [0.4, 0.5) is 0 Å². The molecule has 0 spiro atoms. The molecule has 2 rings (SSSR count). The number of carboxylic acids is 1. The van der Waals surface area contributed by atoms with E-state index in [-0.39, 0.29) is 12.1 Å². The molecule has 0 aromatic carbocycles. The summed E-state index contributed by atoms with van der Waals surface area (Å²) >= 11 is 0. The number of hydrogen-bond acceptors (Lipinski definition) is 3. The smallest absolute Gasteiger partial charge is 0.313 e. The van der Waals surface area contributed by atoms with Crippen LogP contribution in [0.2, 0.25) is 0 Å². The lowest BCUT2D eigenvalue weighted by Crippen LogP contribution is -2.34. The Morgan fingerprint density at radius 1 is 1.11 bits per heavy atom. The summed E-state index contributed by atoms with van der Waals surface area (Å²) in [7, 11) is 0. The van der Waals surface area contributed by atoms with Gasteiger partial charge < -0.3 is 9.84 Å². The molecule has 18 heavy (non-hydrogen) atoms. The fourth-order valence-corrected chi connectivity index (χ4v) is 2.78. The fraction of sp³-hybridized carbons (Fsp3) is 0.714. The van der Waals surface area contributed by atoms with Gasteiger partial charge in [-0.15, -0.1) is 0 Å². The van der Waals surface area contributed by atoms with Gasteiger partial charge in [0.25, 0.3) is 0 Å². The van der Waals surface area contributed by atoms with Gasteiger partial charge in [-0.2, -0.15) is 0 Å². The molecular formula is C14H20O4. The minimum absolute atomic E-state index is 0.00368. The molecule has 0 aromatic heterocycles. The van der Waals surface area contributed by atoms with Gasteiger partial charge in [0.15, 0.2) is 0 Å². The Morgan fingerprint density at radius 3 is 2.50 bits per heavy atom. The van der Waals surface area contributed by atoms with Crippen molar-refractivity contribution in [2.75, 3.05) is 0 Å². The highest BCUT2D eigenvalue weighted by Gasteiger charge is 2.35. The molecule has 0 heterocycles. The van der Waals surface area contributed by atoms with Crippen molar-refractivity contribution >= 4 is 11.9 Å². The minimum atomic E-state index is -0.898. The number of esters is 1. The molecule has 0 saturated heterocycles. The standard InChI is InChI=1S/C14H20O4/c15-13(16)11-8-4-5-9-12(11)14(17)18-10-6-2-1-3-7-10/h5,9-12H,1-4,6-8H2,(H,15,16). The number of carbonyl (C=O) groups is 2. The highest BCUT2D eigenvalue weighted by Crippen LogP contribution is 2.28. The van der Waals surface area contributed by atoms with E-state index in [1.165, 1.54) is 6.42 Å². The lowest BCUT2D eigenvalue weighted by atomic mass is 9.84. The molecule has 0 aliphatic heterocycles. The number of rotatable bonds is 3. The average Bonchev–Trinajstić information content (AvgIpc) is 2.40. The van der Waals surface area contributed by atoms with Crippen molar-refractivity contribution in [1.82, 2.24) is 0 Å². The van der Waals surface area contributed by atoms with Gasteiger partial charge in [-0.25, -0.2) is 0 Å². The zero-order valence-electron chi connectivity index (χ0n) is 10.5. The minimum Gasteiger partial charge on any atom is -0.481 e. The Morgan fingerprint density at radius 2 is 1.83 bits per heavy atom. The van der Waals surface area contributed by atoms with Crippen LogP contribution in [-0.4, -0.2) is 23.1 Å². The second kappa shape index (κ2) is 6.03. The molecule has 2 aliphatic carbocycles. The first-order valence-corrected chi connectivity index (χ1v) is 6.78. The molecule has 2 aliphatic rings. The molecule has 0 amide bonds. The monoisotopic (exact) mass is 252 g/mol.